The molecule has 0 spiro atoms. The Balaban J connectivity index is 1.62. The summed E-state index contributed by atoms with van der Waals surface area (Å²) in [5, 5.41) is 7.47. The number of hydrazine groups is 1. The Hall–Kier alpha value is -2.15. The van der Waals surface area contributed by atoms with Crippen molar-refractivity contribution >= 4 is 11.6 Å². The molecule has 1 fully saturated rings. The van der Waals surface area contributed by atoms with Crippen LogP contribution in [0.3, 0.4) is 0 Å². The maximum absolute atomic E-state index is 5.45. The molecule has 0 aliphatic heterocycles. The summed E-state index contributed by atoms with van der Waals surface area (Å²) >= 11 is 0. The summed E-state index contributed by atoms with van der Waals surface area (Å²) in [6.07, 6.45) is 7.14. The van der Waals surface area contributed by atoms with Crippen molar-refractivity contribution in [3.05, 3.63) is 29.8 Å². The van der Waals surface area contributed by atoms with Crippen LogP contribution in [0.2, 0.25) is 0 Å². The molecule has 0 saturated heterocycles. The zero-order valence-electron chi connectivity index (χ0n) is 11.5. The van der Waals surface area contributed by atoms with Gasteiger partial charge < -0.3 is 10.7 Å². The van der Waals surface area contributed by atoms with Gasteiger partial charge in [-0.15, -0.1) is 0 Å². The van der Waals surface area contributed by atoms with Crippen molar-refractivity contribution in [1.29, 1.82) is 0 Å². The first-order chi connectivity index (χ1) is 9.74. The van der Waals surface area contributed by atoms with E-state index in [0.29, 0.717) is 11.7 Å². The lowest BCUT2D eigenvalue weighted by Crippen LogP contribution is -2.13. The van der Waals surface area contributed by atoms with E-state index in [2.05, 4.69) is 25.8 Å². The third-order valence-corrected chi connectivity index (χ3v) is 3.31. The number of aromatic nitrogens is 4. The fraction of sp³-hybridized carbons (Fsp3) is 0.462. The standard InChI is InChI=1S/C13H19N7/c1-20-8-9(7-16-20)4-5-15-11-6-12(19-14)18-13(17-11)10-2-3-10/h6-8,10H,2-5,14H2,1H3,(H2,15,17,18,19). The highest BCUT2D eigenvalue weighted by Gasteiger charge is 2.27. The topological polar surface area (TPSA) is 93.7 Å². The van der Waals surface area contributed by atoms with E-state index in [-0.39, 0.29) is 0 Å². The molecule has 0 bridgehead atoms. The van der Waals surface area contributed by atoms with E-state index in [1.807, 2.05) is 30.2 Å². The molecule has 0 atom stereocenters. The molecule has 4 N–H and O–H groups in total. The molecule has 1 aliphatic rings. The summed E-state index contributed by atoms with van der Waals surface area (Å²) in [6.45, 7) is 0.802. The lowest BCUT2D eigenvalue weighted by atomic mass is 10.2. The number of nitrogens with two attached hydrogens (primary N) is 1. The Morgan fingerprint density at radius 1 is 1.35 bits per heavy atom. The highest BCUT2D eigenvalue weighted by Crippen LogP contribution is 2.38. The highest BCUT2D eigenvalue weighted by molar-refractivity contribution is 5.47. The number of hydrogen-bond donors (Lipinski definition) is 3. The molecule has 2 aromatic heterocycles. The molecule has 7 nitrogen and oxygen atoms in total. The van der Waals surface area contributed by atoms with Crippen LogP contribution < -0.4 is 16.6 Å². The van der Waals surface area contributed by atoms with Crippen LogP contribution in [0, 0.1) is 0 Å². The molecule has 106 valence electrons. The number of anilines is 2. The fourth-order valence-corrected chi connectivity index (χ4v) is 2.09. The van der Waals surface area contributed by atoms with E-state index in [4.69, 9.17) is 5.84 Å². The lowest BCUT2D eigenvalue weighted by Gasteiger charge is -2.09. The van der Waals surface area contributed by atoms with Gasteiger partial charge in [0, 0.05) is 31.8 Å². The van der Waals surface area contributed by atoms with Crippen molar-refractivity contribution in [1.82, 2.24) is 19.7 Å². The van der Waals surface area contributed by atoms with Crippen molar-refractivity contribution in [2.45, 2.75) is 25.2 Å². The lowest BCUT2D eigenvalue weighted by molar-refractivity contribution is 0.766. The Labute approximate surface area is 117 Å². The second-order valence-corrected chi connectivity index (χ2v) is 5.11. The summed E-state index contributed by atoms with van der Waals surface area (Å²) in [6, 6.07) is 1.83. The molecule has 1 aliphatic carbocycles. The minimum absolute atomic E-state index is 0.502. The van der Waals surface area contributed by atoms with E-state index in [0.717, 1.165) is 24.6 Å². The number of nitrogens with zero attached hydrogens (tertiary/aromatic N) is 4. The van der Waals surface area contributed by atoms with Gasteiger partial charge >= 0.3 is 0 Å². The van der Waals surface area contributed by atoms with Crippen LogP contribution in [-0.2, 0) is 13.5 Å². The Bertz CT molecular complexity index is 588. The average Bonchev–Trinajstić information content (AvgIpc) is 3.22. The molecule has 7 heteroatoms. The molecular formula is C13H19N7. The van der Waals surface area contributed by atoms with E-state index in [1.54, 1.807) is 0 Å². The van der Waals surface area contributed by atoms with Crippen LogP contribution in [0.5, 0.6) is 0 Å². The first-order valence-electron chi connectivity index (χ1n) is 6.81. The molecule has 0 unspecified atom stereocenters. The number of rotatable bonds is 6. The second kappa shape index (κ2) is 5.46. The van der Waals surface area contributed by atoms with Gasteiger partial charge in [0.15, 0.2) is 0 Å². The quantitative estimate of drug-likeness (QED) is 0.537. The first kappa shape index (κ1) is 12.9. The van der Waals surface area contributed by atoms with Gasteiger partial charge in [-0.3, -0.25) is 4.68 Å². The van der Waals surface area contributed by atoms with Gasteiger partial charge in [-0.25, -0.2) is 15.8 Å². The number of aryl methyl sites for hydroxylation is 1. The Morgan fingerprint density at radius 3 is 2.80 bits per heavy atom. The molecule has 20 heavy (non-hydrogen) atoms. The highest BCUT2D eigenvalue weighted by atomic mass is 15.3. The van der Waals surface area contributed by atoms with E-state index in [9.17, 15) is 0 Å². The molecule has 2 aromatic rings. The van der Waals surface area contributed by atoms with Crippen LogP contribution in [0.25, 0.3) is 0 Å². The molecule has 0 radical (unpaired) electrons. The van der Waals surface area contributed by atoms with Crippen molar-refractivity contribution in [3.8, 4) is 0 Å². The van der Waals surface area contributed by atoms with Crippen molar-refractivity contribution in [3.63, 3.8) is 0 Å². The summed E-state index contributed by atoms with van der Waals surface area (Å²) in [4.78, 5) is 8.92. The zero-order chi connectivity index (χ0) is 13.9. The molecule has 0 aromatic carbocycles. The predicted molar refractivity (Wildman–Crippen MR) is 77.2 cm³/mol. The van der Waals surface area contributed by atoms with Crippen LogP contribution in [0.15, 0.2) is 18.5 Å². The van der Waals surface area contributed by atoms with Gasteiger partial charge in [0.1, 0.15) is 17.5 Å². The van der Waals surface area contributed by atoms with Gasteiger partial charge in [-0.2, -0.15) is 5.10 Å². The maximum atomic E-state index is 5.45. The molecule has 2 heterocycles. The predicted octanol–water partition coefficient (Wildman–Crippen LogP) is 1.03. The molecule has 3 rings (SSSR count). The first-order valence-corrected chi connectivity index (χ1v) is 6.81. The second-order valence-electron chi connectivity index (χ2n) is 5.11. The van der Waals surface area contributed by atoms with Gasteiger partial charge in [0.2, 0.25) is 0 Å². The summed E-state index contributed by atoms with van der Waals surface area (Å²) in [7, 11) is 1.92. The van der Waals surface area contributed by atoms with Crippen molar-refractivity contribution in [2.75, 3.05) is 17.3 Å². The third-order valence-electron chi connectivity index (χ3n) is 3.31. The van der Waals surface area contributed by atoms with E-state index >= 15 is 0 Å². The van der Waals surface area contributed by atoms with Crippen LogP contribution in [0.4, 0.5) is 11.6 Å². The van der Waals surface area contributed by atoms with Gasteiger partial charge in [-0.1, -0.05) is 0 Å². The van der Waals surface area contributed by atoms with Gasteiger partial charge in [-0.05, 0) is 24.8 Å². The minimum atomic E-state index is 0.502. The van der Waals surface area contributed by atoms with Crippen LogP contribution >= 0.6 is 0 Å². The van der Waals surface area contributed by atoms with Crippen LogP contribution in [0.1, 0.15) is 30.1 Å². The van der Waals surface area contributed by atoms with Crippen LogP contribution in [-0.4, -0.2) is 26.3 Å². The summed E-state index contributed by atoms with van der Waals surface area (Å²) in [5.74, 6) is 8.31. The fourth-order valence-electron chi connectivity index (χ4n) is 2.09. The normalized spacial score (nSPS) is 14.3. The number of hydrogen-bond acceptors (Lipinski definition) is 6. The van der Waals surface area contributed by atoms with Crippen molar-refractivity contribution < 1.29 is 0 Å². The number of nitrogen functional groups attached to an aromatic ring is 1. The molecular weight excluding hydrogens is 254 g/mol. The third kappa shape index (κ3) is 3.05. The summed E-state index contributed by atoms with van der Waals surface area (Å²) < 4.78 is 1.81. The van der Waals surface area contributed by atoms with Gasteiger partial charge in [0.05, 0.1) is 6.20 Å². The molecule has 1 saturated carbocycles. The molecule has 0 amide bonds. The Morgan fingerprint density at radius 2 is 2.15 bits per heavy atom. The monoisotopic (exact) mass is 273 g/mol. The largest absolute Gasteiger partial charge is 0.370 e. The number of nitrogens with one attached hydrogen (secondary N) is 2. The maximum Gasteiger partial charge on any atom is 0.145 e. The SMILES string of the molecule is Cn1cc(CCNc2cc(NN)nc(C3CC3)n2)cn1. The van der Waals surface area contributed by atoms with E-state index in [1.165, 1.54) is 18.4 Å². The Kier molecular flexibility index (Phi) is 3.51. The smallest absolute Gasteiger partial charge is 0.145 e. The van der Waals surface area contributed by atoms with Gasteiger partial charge in [0.25, 0.3) is 0 Å². The minimum Gasteiger partial charge on any atom is -0.370 e. The average molecular weight is 273 g/mol. The van der Waals surface area contributed by atoms with E-state index < -0.39 is 0 Å². The zero-order valence-corrected chi connectivity index (χ0v) is 11.5. The summed E-state index contributed by atoms with van der Waals surface area (Å²) in [5.41, 5.74) is 3.80. The van der Waals surface area contributed by atoms with Crippen molar-refractivity contribution in [2.24, 2.45) is 12.9 Å².